The van der Waals surface area contributed by atoms with E-state index in [1.54, 1.807) is 19.2 Å². The maximum absolute atomic E-state index is 11.7. The average Bonchev–Trinajstić information content (AvgIpc) is 2.56. The van der Waals surface area contributed by atoms with Gasteiger partial charge in [0.05, 0.1) is 24.7 Å². The van der Waals surface area contributed by atoms with Crippen molar-refractivity contribution in [2.75, 3.05) is 29.4 Å². The first kappa shape index (κ1) is 18.1. The normalized spacial score (nSPS) is 11.1. The van der Waals surface area contributed by atoms with E-state index >= 15 is 0 Å². The Balaban J connectivity index is 1.85. The van der Waals surface area contributed by atoms with Gasteiger partial charge in [0.1, 0.15) is 11.6 Å². The third kappa shape index (κ3) is 5.73. The second-order valence-electron chi connectivity index (χ2n) is 5.38. The smallest absolute Gasteiger partial charge is 0.232 e. The lowest BCUT2D eigenvalue weighted by Crippen LogP contribution is -2.16. The lowest BCUT2D eigenvalue weighted by molar-refractivity contribution is 0.414. The van der Waals surface area contributed by atoms with E-state index in [0.29, 0.717) is 17.9 Å². The summed E-state index contributed by atoms with van der Waals surface area (Å²) in [6, 6.07) is 11.4. The van der Waals surface area contributed by atoms with Gasteiger partial charge in [-0.2, -0.15) is 0 Å². The van der Waals surface area contributed by atoms with Gasteiger partial charge in [0.25, 0.3) is 0 Å². The number of hydrogen-bond acceptors (Lipinski definition) is 5. The molecule has 7 heteroatoms. The predicted molar refractivity (Wildman–Crippen MR) is 97.1 cm³/mol. The first-order valence-electron chi connectivity index (χ1n) is 7.86. The number of methoxy groups -OCH3 is 1. The number of pyridine rings is 1. The van der Waals surface area contributed by atoms with E-state index in [1.165, 1.54) is 11.8 Å². The topological polar surface area (TPSA) is 80.3 Å². The van der Waals surface area contributed by atoms with Crippen LogP contribution in [-0.2, 0) is 16.4 Å². The second kappa shape index (κ2) is 8.54. The van der Waals surface area contributed by atoms with Crippen LogP contribution >= 0.6 is 0 Å². The summed E-state index contributed by atoms with van der Waals surface area (Å²) in [5.41, 5.74) is 1.65. The fraction of sp³-hybridized carbons (Fsp3) is 0.353. The lowest BCUT2D eigenvalue weighted by atomic mass is 10.1. The molecule has 2 N–H and O–H groups in total. The van der Waals surface area contributed by atoms with Crippen LogP contribution < -0.4 is 14.8 Å². The number of nitrogens with zero attached hydrogens (tertiary/aromatic N) is 1. The monoisotopic (exact) mass is 349 g/mol. The molecule has 0 aliphatic heterocycles. The van der Waals surface area contributed by atoms with E-state index in [4.69, 9.17) is 4.74 Å². The van der Waals surface area contributed by atoms with Crippen LogP contribution in [0.4, 0.5) is 11.5 Å². The molecule has 0 saturated carbocycles. The zero-order valence-electron chi connectivity index (χ0n) is 14.0. The molecule has 1 aromatic carbocycles. The lowest BCUT2D eigenvalue weighted by Gasteiger charge is -2.09. The highest BCUT2D eigenvalue weighted by molar-refractivity contribution is 7.92. The highest BCUT2D eigenvalue weighted by Crippen LogP contribution is 2.14. The summed E-state index contributed by atoms with van der Waals surface area (Å²) in [7, 11) is -1.63. The van der Waals surface area contributed by atoms with Crippen LogP contribution in [0.5, 0.6) is 5.75 Å². The van der Waals surface area contributed by atoms with Crippen molar-refractivity contribution < 1.29 is 13.2 Å². The Morgan fingerprint density at radius 3 is 2.71 bits per heavy atom. The van der Waals surface area contributed by atoms with Crippen LogP contribution in [0.2, 0.25) is 0 Å². The molecule has 0 atom stereocenters. The van der Waals surface area contributed by atoms with Gasteiger partial charge in [0.15, 0.2) is 0 Å². The zero-order chi connectivity index (χ0) is 17.4. The van der Waals surface area contributed by atoms with E-state index < -0.39 is 10.0 Å². The molecular formula is C17H23N3O3S. The van der Waals surface area contributed by atoms with Crippen LogP contribution in [-0.4, -0.2) is 32.8 Å². The van der Waals surface area contributed by atoms with Crippen molar-refractivity contribution in [1.82, 2.24) is 4.98 Å². The molecule has 0 fully saturated rings. The van der Waals surface area contributed by atoms with Gasteiger partial charge in [-0.1, -0.05) is 19.1 Å². The maximum atomic E-state index is 11.7. The van der Waals surface area contributed by atoms with Gasteiger partial charge in [0.2, 0.25) is 10.0 Å². The van der Waals surface area contributed by atoms with Crippen LogP contribution in [0.1, 0.15) is 18.9 Å². The fourth-order valence-corrected chi connectivity index (χ4v) is 3.34. The molecule has 0 spiro atoms. The number of nitrogens with one attached hydrogen (secondary N) is 2. The van der Waals surface area contributed by atoms with Gasteiger partial charge in [-0.3, -0.25) is 4.72 Å². The number of ether oxygens (including phenoxy) is 1. The van der Waals surface area contributed by atoms with Crippen molar-refractivity contribution >= 4 is 21.5 Å². The zero-order valence-corrected chi connectivity index (χ0v) is 14.8. The largest absolute Gasteiger partial charge is 0.497 e. The molecule has 1 heterocycles. The van der Waals surface area contributed by atoms with Crippen molar-refractivity contribution in [1.29, 1.82) is 0 Å². The Morgan fingerprint density at radius 2 is 2.04 bits per heavy atom. The standard InChI is InChI=1S/C17H23N3O3S/c1-3-11-24(21,22)20-15-7-8-17(19-13-15)18-10-9-14-5-4-6-16(12-14)23-2/h4-8,12-13,20H,3,9-11H2,1-2H3,(H,18,19). The molecule has 0 unspecified atom stereocenters. The van der Waals surface area contributed by atoms with E-state index in [0.717, 1.165) is 18.7 Å². The minimum Gasteiger partial charge on any atom is -0.497 e. The Bertz CT molecular complexity index is 746. The van der Waals surface area contributed by atoms with Crippen molar-refractivity contribution in [2.45, 2.75) is 19.8 Å². The summed E-state index contributed by atoms with van der Waals surface area (Å²) in [5.74, 6) is 1.65. The van der Waals surface area contributed by atoms with Gasteiger partial charge in [-0.05, 0) is 42.7 Å². The molecule has 1 aromatic heterocycles. The fourth-order valence-electron chi connectivity index (χ4n) is 2.22. The minimum absolute atomic E-state index is 0.105. The number of rotatable bonds is 9. The number of aromatic nitrogens is 1. The van der Waals surface area contributed by atoms with Gasteiger partial charge in [-0.15, -0.1) is 0 Å². The van der Waals surface area contributed by atoms with Crippen LogP contribution in [0.15, 0.2) is 42.6 Å². The summed E-state index contributed by atoms with van der Waals surface area (Å²) in [5, 5.41) is 3.22. The van der Waals surface area contributed by atoms with Crippen LogP contribution in [0.25, 0.3) is 0 Å². The molecule has 0 amide bonds. The molecule has 130 valence electrons. The van der Waals surface area contributed by atoms with E-state index in [9.17, 15) is 8.42 Å². The Hall–Kier alpha value is -2.28. The molecule has 0 aliphatic carbocycles. The molecule has 6 nitrogen and oxygen atoms in total. The molecule has 0 aliphatic rings. The van der Waals surface area contributed by atoms with Crippen molar-refractivity contribution in [2.24, 2.45) is 0 Å². The second-order valence-corrected chi connectivity index (χ2v) is 7.22. The Morgan fingerprint density at radius 1 is 1.21 bits per heavy atom. The van der Waals surface area contributed by atoms with Crippen molar-refractivity contribution in [3.63, 3.8) is 0 Å². The molecule has 0 saturated heterocycles. The van der Waals surface area contributed by atoms with E-state index in [1.807, 2.05) is 31.2 Å². The first-order chi connectivity index (χ1) is 11.5. The first-order valence-corrected chi connectivity index (χ1v) is 9.51. The number of sulfonamides is 1. The Labute approximate surface area is 143 Å². The summed E-state index contributed by atoms with van der Waals surface area (Å²) >= 11 is 0. The highest BCUT2D eigenvalue weighted by atomic mass is 32.2. The summed E-state index contributed by atoms with van der Waals surface area (Å²) in [6.07, 6.45) is 2.93. The SMILES string of the molecule is CCCS(=O)(=O)Nc1ccc(NCCc2cccc(OC)c2)nc1. The number of hydrogen-bond donors (Lipinski definition) is 2. The molecular weight excluding hydrogens is 326 g/mol. The Kier molecular flexibility index (Phi) is 6.43. The molecule has 2 aromatic rings. The van der Waals surface area contributed by atoms with Gasteiger partial charge in [0, 0.05) is 6.54 Å². The summed E-state index contributed by atoms with van der Waals surface area (Å²) in [4.78, 5) is 4.23. The van der Waals surface area contributed by atoms with Crippen LogP contribution in [0.3, 0.4) is 0 Å². The number of anilines is 2. The van der Waals surface area contributed by atoms with Crippen LogP contribution in [0, 0.1) is 0 Å². The molecule has 2 rings (SSSR count). The van der Waals surface area contributed by atoms with Gasteiger partial charge in [-0.25, -0.2) is 13.4 Å². The number of benzene rings is 1. The van der Waals surface area contributed by atoms with Crippen molar-refractivity contribution in [3.05, 3.63) is 48.2 Å². The van der Waals surface area contributed by atoms with E-state index in [-0.39, 0.29) is 5.75 Å². The van der Waals surface area contributed by atoms with E-state index in [2.05, 4.69) is 15.0 Å². The maximum Gasteiger partial charge on any atom is 0.232 e. The third-order valence-corrected chi connectivity index (χ3v) is 4.86. The van der Waals surface area contributed by atoms with Crippen molar-refractivity contribution in [3.8, 4) is 5.75 Å². The minimum atomic E-state index is -3.28. The quantitative estimate of drug-likeness (QED) is 0.727. The highest BCUT2D eigenvalue weighted by Gasteiger charge is 2.08. The van der Waals surface area contributed by atoms with Gasteiger partial charge < -0.3 is 10.1 Å². The molecule has 0 radical (unpaired) electrons. The van der Waals surface area contributed by atoms with Gasteiger partial charge >= 0.3 is 0 Å². The molecule has 0 bridgehead atoms. The third-order valence-electron chi connectivity index (χ3n) is 3.36. The predicted octanol–water partition coefficient (Wildman–Crippen LogP) is 2.90. The summed E-state index contributed by atoms with van der Waals surface area (Å²) < 4.78 is 31.1. The molecule has 24 heavy (non-hydrogen) atoms. The average molecular weight is 349 g/mol. The summed E-state index contributed by atoms with van der Waals surface area (Å²) in [6.45, 7) is 2.55.